The number of amides is 2. The van der Waals surface area contributed by atoms with E-state index in [-0.39, 0.29) is 26.9 Å². The molecule has 44 heavy (non-hydrogen) atoms. The minimum atomic E-state index is -0.961. The molecule has 1 unspecified atom stereocenters. The lowest BCUT2D eigenvalue weighted by Gasteiger charge is -2.36. The molecule has 0 bridgehead atoms. The topological polar surface area (TPSA) is 94.9 Å². The third kappa shape index (κ3) is 6.60. The number of carbonyl (C=O) groups excluding carboxylic acids is 2. The Morgan fingerprint density at radius 3 is 2.32 bits per heavy atom. The van der Waals surface area contributed by atoms with Gasteiger partial charge in [0, 0.05) is 66.3 Å². The van der Waals surface area contributed by atoms with Crippen molar-refractivity contribution in [2.24, 2.45) is 0 Å². The summed E-state index contributed by atoms with van der Waals surface area (Å²) in [5.41, 5.74) is 1.43. The number of halogens is 3. The number of benzene rings is 3. The second kappa shape index (κ2) is 13.8. The minimum Gasteiger partial charge on any atom is -0.394 e. The van der Waals surface area contributed by atoms with Crippen LogP contribution in [0.2, 0.25) is 10.0 Å². The third-order valence-corrected chi connectivity index (χ3v) is 8.67. The monoisotopic (exact) mass is 638 g/mol. The largest absolute Gasteiger partial charge is 0.394 e. The maximum absolute atomic E-state index is 15.6. The van der Waals surface area contributed by atoms with E-state index in [1.54, 1.807) is 33.7 Å². The summed E-state index contributed by atoms with van der Waals surface area (Å²) in [5, 5.41) is 13.2. The van der Waals surface area contributed by atoms with Crippen molar-refractivity contribution in [1.82, 2.24) is 14.8 Å². The highest BCUT2D eigenvalue weighted by atomic mass is 35.5. The summed E-state index contributed by atoms with van der Waals surface area (Å²) < 4.78 is 17.3. The van der Waals surface area contributed by atoms with Gasteiger partial charge in [-0.2, -0.15) is 0 Å². The molecule has 2 heterocycles. The van der Waals surface area contributed by atoms with Gasteiger partial charge >= 0.3 is 0 Å². The molecule has 1 aromatic heterocycles. The standard InChI is InChI=1S/C33H33Cl2FN4O4/c1-2-38-19-23(33(44)37-27(20-41)31-24(34)9-6-10-25(31)35)32(43)22-17-26(36)29(18-28(22)38)39-13-15-40(16-14-39)30(42)12-11-21-7-4-3-5-8-21/h3-10,17-19,27,41H,2,11-16,20H2,1H3,(H,37,44). The average Bonchev–Trinajstić information content (AvgIpc) is 3.03. The fourth-order valence-corrected chi connectivity index (χ4v) is 6.27. The van der Waals surface area contributed by atoms with Crippen molar-refractivity contribution in [2.45, 2.75) is 32.4 Å². The lowest BCUT2D eigenvalue weighted by Crippen LogP contribution is -2.49. The van der Waals surface area contributed by atoms with Gasteiger partial charge in [-0.3, -0.25) is 14.4 Å². The van der Waals surface area contributed by atoms with Gasteiger partial charge in [-0.15, -0.1) is 0 Å². The number of fused-ring (bicyclic) bond motifs is 1. The molecular weight excluding hydrogens is 606 g/mol. The van der Waals surface area contributed by atoms with Crippen molar-refractivity contribution in [1.29, 1.82) is 0 Å². The van der Waals surface area contributed by atoms with Crippen LogP contribution in [0.4, 0.5) is 10.1 Å². The van der Waals surface area contributed by atoms with E-state index in [1.165, 1.54) is 12.3 Å². The Hall–Kier alpha value is -3.92. The van der Waals surface area contributed by atoms with Crippen LogP contribution >= 0.6 is 23.2 Å². The molecule has 0 aliphatic carbocycles. The Morgan fingerprint density at radius 2 is 1.68 bits per heavy atom. The number of carbonyl (C=O) groups is 2. The molecule has 0 saturated carbocycles. The number of nitrogens with one attached hydrogen (secondary N) is 1. The molecule has 1 aliphatic rings. The summed E-state index contributed by atoms with van der Waals surface area (Å²) in [5.74, 6) is -1.26. The van der Waals surface area contributed by atoms with Gasteiger partial charge in [0.25, 0.3) is 5.91 Å². The quantitative estimate of drug-likeness (QED) is 0.262. The van der Waals surface area contributed by atoms with Crippen LogP contribution in [-0.2, 0) is 17.8 Å². The Morgan fingerprint density at radius 1 is 1.00 bits per heavy atom. The van der Waals surface area contributed by atoms with Crippen molar-refractivity contribution in [3.8, 4) is 0 Å². The lowest BCUT2D eigenvalue weighted by molar-refractivity contribution is -0.131. The normalized spacial score (nSPS) is 14.1. The first-order valence-electron chi connectivity index (χ1n) is 14.5. The van der Waals surface area contributed by atoms with E-state index in [9.17, 15) is 19.5 Å². The van der Waals surface area contributed by atoms with Crippen LogP contribution in [-0.4, -0.2) is 59.2 Å². The maximum Gasteiger partial charge on any atom is 0.257 e. The van der Waals surface area contributed by atoms with Gasteiger partial charge in [0.2, 0.25) is 11.3 Å². The van der Waals surface area contributed by atoms with Gasteiger partial charge in [-0.05, 0) is 43.2 Å². The van der Waals surface area contributed by atoms with Gasteiger partial charge in [-0.25, -0.2) is 4.39 Å². The highest BCUT2D eigenvalue weighted by molar-refractivity contribution is 6.36. The summed E-state index contributed by atoms with van der Waals surface area (Å²) in [4.78, 5) is 43.3. The molecule has 2 N–H and O–H groups in total. The van der Waals surface area contributed by atoms with Crippen LogP contribution in [0, 0.1) is 5.82 Å². The Balaban J connectivity index is 1.34. The van der Waals surface area contributed by atoms with Crippen LogP contribution in [0.5, 0.6) is 0 Å². The number of aliphatic hydroxyl groups is 1. The van der Waals surface area contributed by atoms with E-state index >= 15 is 4.39 Å². The van der Waals surface area contributed by atoms with Gasteiger partial charge in [0.15, 0.2) is 0 Å². The van der Waals surface area contributed by atoms with Crippen molar-refractivity contribution in [3.63, 3.8) is 0 Å². The Labute approximate surface area is 264 Å². The predicted octanol–water partition coefficient (Wildman–Crippen LogP) is 5.21. The number of nitrogens with zero attached hydrogens (tertiary/aromatic N) is 3. The van der Waals surface area contributed by atoms with E-state index in [0.29, 0.717) is 62.3 Å². The summed E-state index contributed by atoms with van der Waals surface area (Å²) >= 11 is 12.5. The minimum absolute atomic E-state index is 0.0619. The number of pyridine rings is 1. The highest BCUT2D eigenvalue weighted by Gasteiger charge is 2.26. The molecule has 2 amide bonds. The summed E-state index contributed by atoms with van der Waals surface area (Å²) in [6.45, 7) is 3.58. The fourth-order valence-electron chi connectivity index (χ4n) is 5.60. The number of piperazine rings is 1. The summed E-state index contributed by atoms with van der Waals surface area (Å²) in [6.07, 6.45) is 2.52. The molecule has 11 heteroatoms. The molecule has 5 rings (SSSR count). The predicted molar refractivity (Wildman–Crippen MR) is 171 cm³/mol. The van der Waals surface area contributed by atoms with Crippen LogP contribution in [0.25, 0.3) is 10.9 Å². The van der Waals surface area contributed by atoms with Crippen molar-refractivity contribution in [2.75, 3.05) is 37.7 Å². The zero-order valence-electron chi connectivity index (χ0n) is 24.2. The first-order valence-corrected chi connectivity index (χ1v) is 15.3. The van der Waals surface area contributed by atoms with Crippen molar-refractivity contribution < 1.29 is 19.1 Å². The molecule has 1 saturated heterocycles. The summed E-state index contributed by atoms with van der Waals surface area (Å²) in [7, 11) is 0. The molecule has 1 aliphatic heterocycles. The van der Waals surface area contributed by atoms with E-state index in [2.05, 4.69) is 5.32 Å². The van der Waals surface area contributed by atoms with Crippen molar-refractivity contribution >= 4 is 51.6 Å². The van der Waals surface area contributed by atoms with E-state index < -0.39 is 29.8 Å². The molecule has 0 spiro atoms. The number of aryl methyl sites for hydroxylation is 2. The van der Waals surface area contributed by atoms with Crippen LogP contribution in [0.1, 0.15) is 40.9 Å². The van der Waals surface area contributed by atoms with Crippen molar-refractivity contribution in [3.05, 3.63) is 110 Å². The van der Waals surface area contributed by atoms with E-state index in [0.717, 1.165) is 5.56 Å². The van der Waals surface area contributed by atoms with E-state index in [4.69, 9.17) is 23.2 Å². The molecule has 1 fully saturated rings. The van der Waals surface area contributed by atoms with Gasteiger partial charge in [0.05, 0.1) is 23.9 Å². The number of hydrogen-bond donors (Lipinski definition) is 2. The van der Waals surface area contributed by atoms with Gasteiger partial charge in [-0.1, -0.05) is 59.6 Å². The molecule has 4 aromatic rings. The molecule has 0 radical (unpaired) electrons. The first-order chi connectivity index (χ1) is 21.2. The SMILES string of the molecule is CCn1cc(C(=O)NC(CO)c2c(Cl)cccc2Cl)c(=O)c2cc(F)c(N3CCN(C(=O)CCc4ccccc4)CC3)cc21. The molecule has 3 aromatic carbocycles. The zero-order chi connectivity index (χ0) is 31.4. The second-order valence-corrected chi connectivity index (χ2v) is 11.5. The number of aliphatic hydroxyl groups excluding tert-OH is 1. The number of rotatable bonds is 9. The zero-order valence-corrected chi connectivity index (χ0v) is 25.7. The second-order valence-electron chi connectivity index (χ2n) is 10.7. The highest BCUT2D eigenvalue weighted by Crippen LogP contribution is 2.31. The van der Waals surface area contributed by atoms with Gasteiger partial charge in [0.1, 0.15) is 11.4 Å². The molecular formula is C33H33Cl2FN4O4. The first kappa shape index (κ1) is 31.5. The Bertz CT molecular complexity index is 1720. The summed E-state index contributed by atoms with van der Waals surface area (Å²) in [6, 6.07) is 16.5. The van der Waals surface area contributed by atoms with E-state index in [1.807, 2.05) is 42.2 Å². The smallest absolute Gasteiger partial charge is 0.257 e. The van der Waals surface area contributed by atoms with Crippen LogP contribution < -0.4 is 15.6 Å². The molecule has 8 nitrogen and oxygen atoms in total. The van der Waals surface area contributed by atoms with Crippen LogP contribution in [0.15, 0.2) is 71.7 Å². The molecule has 230 valence electrons. The maximum atomic E-state index is 15.6. The van der Waals surface area contributed by atoms with Crippen LogP contribution in [0.3, 0.4) is 0 Å². The number of aromatic nitrogens is 1. The van der Waals surface area contributed by atoms with Gasteiger partial charge < -0.3 is 24.8 Å². The Kier molecular flexibility index (Phi) is 9.88. The number of anilines is 1. The third-order valence-electron chi connectivity index (χ3n) is 8.01. The average molecular weight is 640 g/mol. The fraction of sp³-hybridized carbons (Fsp3) is 0.303. The molecule has 1 atom stereocenters. The lowest BCUT2D eigenvalue weighted by atomic mass is 10.1. The number of hydrogen-bond acceptors (Lipinski definition) is 5.